The Morgan fingerprint density at radius 2 is 2.22 bits per heavy atom. The van der Waals surface area contributed by atoms with E-state index >= 15 is 0 Å². The van der Waals surface area contributed by atoms with Crippen LogP contribution in [-0.2, 0) is 0 Å². The van der Waals surface area contributed by atoms with Gasteiger partial charge in [-0.15, -0.1) is 0 Å². The van der Waals surface area contributed by atoms with Crippen LogP contribution in [0, 0.1) is 19.8 Å². The van der Waals surface area contributed by atoms with Crippen molar-refractivity contribution in [2.45, 2.75) is 32.7 Å². The topological polar surface area (TPSA) is 61.0 Å². The van der Waals surface area contributed by atoms with E-state index in [0.29, 0.717) is 12.0 Å². The minimum absolute atomic E-state index is 0.134. The first-order valence-electron chi connectivity index (χ1n) is 6.71. The molecule has 1 amide bonds. The van der Waals surface area contributed by atoms with Gasteiger partial charge in [0.2, 0.25) is 0 Å². The van der Waals surface area contributed by atoms with E-state index in [9.17, 15) is 4.79 Å². The second-order valence-corrected chi connectivity index (χ2v) is 5.48. The van der Waals surface area contributed by atoms with Gasteiger partial charge in [-0.1, -0.05) is 0 Å². The smallest absolute Gasteiger partial charge is 0.257 e. The normalized spacial score (nSPS) is 27.3. The van der Waals surface area contributed by atoms with Crippen LogP contribution in [0.5, 0.6) is 0 Å². The van der Waals surface area contributed by atoms with Crippen molar-refractivity contribution >= 4 is 5.91 Å². The van der Waals surface area contributed by atoms with Crippen LogP contribution < -0.4 is 5.32 Å². The molecule has 0 aliphatic carbocycles. The van der Waals surface area contributed by atoms with Crippen LogP contribution in [-0.4, -0.2) is 46.7 Å². The van der Waals surface area contributed by atoms with Gasteiger partial charge in [0.05, 0.1) is 11.3 Å². The van der Waals surface area contributed by atoms with E-state index in [1.165, 1.54) is 12.8 Å². The summed E-state index contributed by atoms with van der Waals surface area (Å²) in [7, 11) is 0. The number of aromatic nitrogens is 2. The monoisotopic (exact) mass is 248 g/mol. The standard InChI is InChI=1S/C13H20N4O/c1-8-12(9(2)16-15-8)13(18)17-6-10-4-3-5-14-11(10)7-17/h10-11,14H,3-7H2,1-2H3,(H,15,16). The van der Waals surface area contributed by atoms with Crippen molar-refractivity contribution in [3.63, 3.8) is 0 Å². The number of hydrogen-bond acceptors (Lipinski definition) is 3. The Balaban J connectivity index is 1.78. The highest BCUT2D eigenvalue weighted by Crippen LogP contribution is 2.26. The minimum Gasteiger partial charge on any atom is -0.337 e. The number of hydrogen-bond donors (Lipinski definition) is 2. The summed E-state index contributed by atoms with van der Waals surface area (Å²) < 4.78 is 0. The first-order chi connectivity index (χ1) is 8.66. The predicted octanol–water partition coefficient (Wildman–Crippen LogP) is 0.851. The lowest BCUT2D eigenvalue weighted by atomic mass is 9.94. The molecule has 18 heavy (non-hydrogen) atoms. The van der Waals surface area contributed by atoms with Crippen LogP contribution in [0.25, 0.3) is 0 Å². The fourth-order valence-electron chi connectivity index (χ4n) is 3.24. The summed E-state index contributed by atoms with van der Waals surface area (Å²) >= 11 is 0. The second kappa shape index (κ2) is 4.39. The molecule has 2 unspecified atom stereocenters. The summed E-state index contributed by atoms with van der Waals surface area (Å²) in [4.78, 5) is 14.5. The summed E-state index contributed by atoms with van der Waals surface area (Å²) in [6, 6.07) is 0.496. The summed E-state index contributed by atoms with van der Waals surface area (Å²) in [6.07, 6.45) is 2.47. The number of nitrogens with one attached hydrogen (secondary N) is 2. The third-order valence-electron chi connectivity index (χ3n) is 4.23. The number of H-pyrrole nitrogens is 1. The molecule has 0 radical (unpaired) electrons. The molecule has 2 aliphatic heterocycles. The number of carbonyl (C=O) groups is 1. The molecule has 2 aliphatic rings. The van der Waals surface area contributed by atoms with Crippen molar-refractivity contribution in [1.29, 1.82) is 0 Å². The number of amides is 1. The molecule has 2 fully saturated rings. The van der Waals surface area contributed by atoms with E-state index in [4.69, 9.17) is 0 Å². The van der Waals surface area contributed by atoms with Gasteiger partial charge in [0.1, 0.15) is 0 Å². The highest BCUT2D eigenvalue weighted by atomic mass is 16.2. The molecular formula is C13H20N4O. The van der Waals surface area contributed by atoms with Gasteiger partial charge in [0, 0.05) is 24.8 Å². The molecule has 0 spiro atoms. The van der Waals surface area contributed by atoms with E-state index in [-0.39, 0.29) is 5.91 Å². The highest BCUT2D eigenvalue weighted by Gasteiger charge is 2.37. The third kappa shape index (κ3) is 1.82. The SMILES string of the molecule is Cc1n[nH]c(C)c1C(=O)N1CC2CCCNC2C1. The molecule has 0 aromatic carbocycles. The summed E-state index contributed by atoms with van der Waals surface area (Å²) in [6.45, 7) is 6.62. The lowest BCUT2D eigenvalue weighted by molar-refractivity contribution is 0.0784. The zero-order chi connectivity index (χ0) is 12.7. The van der Waals surface area contributed by atoms with E-state index in [2.05, 4.69) is 15.5 Å². The Labute approximate surface area is 107 Å². The maximum absolute atomic E-state index is 12.5. The van der Waals surface area contributed by atoms with Gasteiger partial charge in [-0.05, 0) is 39.2 Å². The number of nitrogens with zero attached hydrogens (tertiary/aromatic N) is 2. The van der Waals surface area contributed by atoms with Gasteiger partial charge >= 0.3 is 0 Å². The molecular weight excluding hydrogens is 228 g/mol. The molecule has 5 heteroatoms. The summed E-state index contributed by atoms with van der Waals surface area (Å²) in [5.74, 6) is 0.769. The van der Waals surface area contributed by atoms with Gasteiger partial charge < -0.3 is 10.2 Å². The Bertz CT molecular complexity index is 434. The van der Waals surface area contributed by atoms with Gasteiger partial charge in [-0.3, -0.25) is 9.89 Å². The number of likely N-dealkylation sites (tertiary alicyclic amines) is 1. The number of fused-ring (bicyclic) bond motifs is 1. The van der Waals surface area contributed by atoms with Crippen molar-refractivity contribution in [2.24, 2.45) is 5.92 Å². The zero-order valence-electron chi connectivity index (χ0n) is 11.0. The maximum atomic E-state index is 12.5. The first kappa shape index (κ1) is 11.7. The van der Waals surface area contributed by atoms with Crippen LogP contribution in [0.4, 0.5) is 0 Å². The number of aryl methyl sites for hydroxylation is 2. The Kier molecular flexibility index (Phi) is 2.86. The van der Waals surface area contributed by atoms with Crippen LogP contribution >= 0.6 is 0 Å². The van der Waals surface area contributed by atoms with Crippen molar-refractivity contribution in [3.05, 3.63) is 17.0 Å². The molecule has 3 rings (SSSR count). The predicted molar refractivity (Wildman–Crippen MR) is 68.5 cm³/mol. The van der Waals surface area contributed by atoms with Crippen molar-refractivity contribution < 1.29 is 4.79 Å². The van der Waals surface area contributed by atoms with Gasteiger partial charge in [0.25, 0.3) is 5.91 Å². The first-order valence-corrected chi connectivity index (χ1v) is 6.71. The van der Waals surface area contributed by atoms with E-state index in [0.717, 1.165) is 36.6 Å². The zero-order valence-corrected chi connectivity index (χ0v) is 11.0. The van der Waals surface area contributed by atoms with Crippen LogP contribution in [0.1, 0.15) is 34.6 Å². The van der Waals surface area contributed by atoms with Crippen molar-refractivity contribution in [1.82, 2.24) is 20.4 Å². The quantitative estimate of drug-likeness (QED) is 0.774. The average molecular weight is 248 g/mol. The van der Waals surface area contributed by atoms with Crippen molar-refractivity contribution in [3.8, 4) is 0 Å². The number of piperidine rings is 1. The molecule has 1 aromatic rings. The summed E-state index contributed by atoms with van der Waals surface area (Å²) in [5.41, 5.74) is 2.44. The molecule has 0 saturated carbocycles. The molecule has 2 N–H and O–H groups in total. The molecule has 0 bridgehead atoms. The number of aromatic amines is 1. The molecule has 3 heterocycles. The fraction of sp³-hybridized carbons (Fsp3) is 0.692. The highest BCUT2D eigenvalue weighted by molar-refractivity contribution is 5.96. The molecule has 5 nitrogen and oxygen atoms in total. The van der Waals surface area contributed by atoms with Gasteiger partial charge in [-0.25, -0.2) is 0 Å². The van der Waals surface area contributed by atoms with Crippen molar-refractivity contribution in [2.75, 3.05) is 19.6 Å². The van der Waals surface area contributed by atoms with Gasteiger partial charge in [-0.2, -0.15) is 5.10 Å². The van der Waals surface area contributed by atoms with E-state index in [1.807, 2.05) is 18.7 Å². The Morgan fingerprint density at radius 3 is 2.89 bits per heavy atom. The van der Waals surface area contributed by atoms with E-state index in [1.54, 1.807) is 0 Å². The molecule has 1 aromatic heterocycles. The van der Waals surface area contributed by atoms with Crippen LogP contribution in [0.15, 0.2) is 0 Å². The molecule has 2 atom stereocenters. The lowest BCUT2D eigenvalue weighted by Gasteiger charge is -2.24. The summed E-state index contributed by atoms with van der Waals surface area (Å²) in [5, 5.41) is 10.5. The number of rotatable bonds is 1. The van der Waals surface area contributed by atoms with Gasteiger partial charge in [0.15, 0.2) is 0 Å². The van der Waals surface area contributed by atoms with E-state index < -0.39 is 0 Å². The Morgan fingerprint density at radius 1 is 1.39 bits per heavy atom. The average Bonchev–Trinajstić information content (AvgIpc) is 2.92. The number of carbonyl (C=O) groups excluding carboxylic acids is 1. The molecule has 2 saturated heterocycles. The fourth-order valence-corrected chi connectivity index (χ4v) is 3.24. The lowest BCUT2D eigenvalue weighted by Crippen LogP contribution is -2.41. The van der Waals surface area contributed by atoms with Crippen LogP contribution in [0.2, 0.25) is 0 Å². The van der Waals surface area contributed by atoms with Crippen LogP contribution in [0.3, 0.4) is 0 Å². The Hall–Kier alpha value is -1.36. The molecule has 98 valence electrons. The minimum atomic E-state index is 0.134. The maximum Gasteiger partial charge on any atom is 0.257 e. The second-order valence-electron chi connectivity index (χ2n) is 5.48. The third-order valence-corrected chi connectivity index (χ3v) is 4.23. The largest absolute Gasteiger partial charge is 0.337 e.